The van der Waals surface area contributed by atoms with Gasteiger partial charge in [0.1, 0.15) is 6.10 Å². The van der Waals surface area contributed by atoms with E-state index in [4.69, 9.17) is 9.47 Å². The van der Waals surface area contributed by atoms with Crippen molar-refractivity contribution < 1.29 is 24.2 Å². The number of rotatable bonds is 6. The monoisotopic (exact) mass is 493 g/mol. The molecule has 3 aliphatic rings. The molecule has 1 aromatic heterocycles. The van der Waals surface area contributed by atoms with Crippen molar-refractivity contribution in [2.45, 2.75) is 70.3 Å². The summed E-state index contributed by atoms with van der Waals surface area (Å²) in [5.74, 6) is -0.428. The minimum atomic E-state index is -0.572. The van der Waals surface area contributed by atoms with Crippen molar-refractivity contribution in [3.63, 3.8) is 0 Å². The molecule has 2 aliphatic carbocycles. The van der Waals surface area contributed by atoms with Crippen molar-refractivity contribution in [2.75, 3.05) is 6.61 Å². The third kappa shape index (κ3) is 4.61. The van der Waals surface area contributed by atoms with Gasteiger partial charge < -0.3 is 19.9 Å². The van der Waals surface area contributed by atoms with Gasteiger partial charge in [-0.05, 0) is 75.1 Å². The molecule has 35 heavy (non-hydrogen) atoms. The van der Waals surface area contributed by atoms with Gasteiger partial charge in [0.05, 0.1) is 12.2 Å². The lowest BCUT2D eigenvalue weighted by Crippen LogP contribution is -2.36. The molecule has 0 spiro atoms. The summed E-state index contributed by atoms with van der Waals surface area (Å²) in [5, 5.41) is 15.7. The van der Waals surface area contributed by atoms with Crippen LogP contribution >= 0.6 is 11.3 Å². The van der Waals surface area contributed by atoms with Gasteiger partial charge in [0, 0.05) is 40.1 Å². The van der Waals surface area contributed by atoms with E-state index in [-0.39, 0.29) is 29.5 Å². The Hall–Kier alpha value is -3.06. The second kappa shape index (κ2) is 9.90. The number of nitrogens with one attached hydrogen (secondary N) is 1. The van der Waals surface area contributed by atoms with E-state index in [1.165, 1.54) is 4.88 Å². The molecule has 184 valence electrons. The van der Waals surface area contributed by atoms with Crippen LogP contribution in [0.25, 0.3) is 0 Å². The van der Waals surface area contributed by atoms with E-state index < -0.39 is 5.92 Å². The number of benzene rings is 1. The van der Waals surface area contributed by atoms with Gasteiger partial charge in [0.2, 0.25) is 0 Å². The van der Waals surface area contributed by atoms with Crippen LogP contribution in [0.1, 0.15) is 74.6 Å². The maximum atomic E-state index is 13.7. The largest absolute Gasteiger partial charge is 0.504 e. The minimum Gasteiger partial charge on any atom is -0.504 e. The van der Waals surface area contributed by atoms with Crippen LogP contribution in [0.15, 0.2) is 58.3 Å². The summed E-state index contributed by atoms with van der Waals surface area (Å²) in [7, 11) is 0. The van der Waals surface area contributed by atoms with Crippen LogP contribution in [0.4, 0.5) is 0 Å². The molecule has 1 aliphatic heterocycles. The smallest absolute Gasteiger partial charge is 0.337 e. The highest BCUT2D eigenvalue weighted by molar-refractivity contribution is 7.10. The Balaban J connectivity index is 1.57. The molecule has 1 aromatic carbocycles. The normalized spacial score (nSPS) is 22.7. The van der Waals surface area contributed by atoms with Crippen molar-refractivity contribution in [3.05, 3.63) is 68.7 Å². The molecule has 2 heterocycles. The topological polar surface area (TPSA) is 84.9 Å². The van der Waals surface area contributed by atoms with Crippen LogP contribution in [-0.4, -0.2) is 29.6 Å². The quantitative estimate of drug-likeness (QED) is 0.502. The lowest BCUT2D eigenvalue weighted by molar-refractivity contribution is -0.144. The van der Waals surface area contributed by atoms with E-state index in [9.17, 15) is 14.7 Å². The molecule has 6 nitrogen and oxygen atoms in total. The first-order valence-electron chi connectivity index (χ1n) is 12.4. The zero-order valence-electron chi connectivity index (χ0n) is 20.1. The summed E-state index contributed by atoms with van der Waals surface area (Å²) in [6, 6.07) is 9.18. The first-order chi connectivity index (χ1) is 17.0. The van der Waals surface area contributed by atoms with Gasteiger partial charge in [-0.25, -0.2) is 4.79 Å². The lowest BCUT2D eigenvalue weighted by Gasteiger charge is -2.36. The van der Waals surface area contributed by atoms with Gasteiger partial charge in [-0.15, -0.1) is 11.3 Å². The molecule has 1 saturated carbocycles. The molecule has 0 radical (unpaired) electrons. The number of phenolic OH excluding ortho intramolecular Hbond substituents is 1. The molecular weight excluding hydrogens is 462 g/mol. The fourth-order valence-electron chi connectivity index (χ4n) is 5.57. The number of carbonyl (C=O) groups excluding carboxylic acids is 2. The van der Waals surface area contributed by atoms with Crippen LogP contribution in [0.3, 0.4) is 0 Å². The number of phenols is 1. The average Bonchev–Trinajstić information content (AvgIpc) is 3.54. The maximum Gasteiger partial charge on any atom is 0.337 e. The Morgan fingerprint density at radius 2 is 2.00 bits per heavy atom. The number of hydrogen-bond donors (Lipinski definition) is 2. The number of allylic oxidation sites excluding steroid dienone is 3. The summed E-state index contributed by atoms with van der Waals surface area (Å²) in [4.78, 5) is 28.4. The summed E-state index contributed by atoms with van der Waals surface area (Å²) in [6.45, 7) is 4.12. The molecule has 0 saturated heterocycles. The first kappa shape index (κ1) is 23.7. The highest BCUT2D eigenvalue weighted by Gasteiger charge is 2.42. The third-order valence-corrected chi connectivity index (χ3v) is 8.22. The number of hydrogen-bond acceptors (Lipinski definition) is 7. The number of esters is 1. The van der Waals surface area contributed by atoms with Crippen LogP contribution in [-0.2, 0) is 14.3 Å². The van der Waals surface area contributed by atoms with E-state index in [1.54, 1.807) is 29.5 Å². The van der Waals surface area contributed by atoms with E-state index >= 15 is 0 Å². The standard InChI is InChI=1S/C28H31NO5S/c1-3-33-23-15-17(10-11-21(23)30)26-25(28(32)34-19-7-4-5-8-19)16(2)29-20-13-18(14-22(31)27(20)26)24-9-6-12-35-24/h6,9-12,15,18-19,26,29-30H,3-5,7-8,13-14H2,1-2H3/t18-,26-/m0/s1. The van der Waals surface area contributed by atoms with Crippen molar-refractivity contribution in [1.29, 1.82) is 0 Å². The molecule has 2 N–H and O–H groups in total. The minimum absolute atomic E-state index is 0.0299. The first-order valence-corrected chi connectivity index (χ1v) is 13.3. The predicted octanol–water partition coefficient (Wildman–Crippen LogP) is 5.70. The highest BCUT2D eigenvalue weighted by atomic mass is 32.1. The van der Waals surface area contributed by atoms with Gasteiger partial charge in [-0.1, -0.05) is 12.1 Å². The number of carbonyl (C=O) groups is 2. The zero-order chi connectivity index (χ0) is 24.5. The van der Waals surface area contributed by atoms with Crippen molar-refractivity contribution in [2.24, 2.45) is 0 Å². The van der Waals surface area contributed by atoms with E-state index in [2.05, 4.69) is 11.4 Å². The summed E-state index contributed by atoms with van der Waals surface area (Å²) < 4.78 is 11.5. The number of dihydropyridines is 1. The van der Waals surface area contributed by atoms with E-state index in [0.717, 1.165) is 36.9 Å². The van der Waals surface area contributed by atoms with E-state index in [1.807, 2.05) is 25.3 Å². The Kier molecular flexibility index (Phi) is 6.69. The fraction of sp³-hybridized carbons (Fsp3) is 0.429. The second-order valence-electron chi connectivity index (χ2n) is 9.50. The molecule has 2 aromatic rings. The third-order valence-electron chi connectivity index (χ3n) is 7.19. The SMILES string of the molecule is CCOc1cc([C@H]2C(C(=O)OC3CCCC3)=C(C)NC3=C2C(=O)C[C@@H](c2cccs2)C3)ccc1O. The molecule has 5 rings (SSSR count). The number of ether oxygens (including phenoxy) is 2. The Morgan fingerprint density at radius 3 is 2.71 bits per heavy atom. The second-order valence-corrected chi connectivity index (χ2v) is 10.5. The maximum absolute atomic E-state index is 13.7. The number of aromatic hydroxyl groups is 1. The van der Waals surface area contributed by atoms with Crippen molar-refractivity contribution in [3.8, 4) is 11.5 Å². The van der Waals surface area contributed by atoms with Crippen LogP contribution in [0, 0.1) is 0 Å². The zero-order valence-corrected chi connectivity index (χ0v) is 21.0. The highest BCUT2D eigenvalue weighted by Crippen LogP contribution is 2.47. The Bertz CT molecular complexity index is 1190. The molecule has 0 amide bonds. The average molecular weight is 494 g/mol. The van der Waals surface area contributed by atoms with Gasteiger partial charge in [-0.2, -0.15) is 0 Å². The fourth-order valence-corrected chi connectivity index (χ4v) is 6.40. The molecule has 0 unspecified atom stereocenters. The van der Waals surface area contributed by atoms with Crippen molar-refractivity contribution in [1.82, 2.24) is 5.32 Å². The summed E-state index contributed by atoms with van der Waals surface area (Å²) in [5.41, 5.74) is 3.40. The van der Waals surface area contributed by atoms with Gasteiger partial charge >= 0.3 is 5.97 Å². The number of thiophene rings is 1. The molecule has 7 heteroatoms. The summed E-state index contributed by atoms with van der Waals surface area (Å²) in [6.07, 6.45) is 4.90. The molecule has 0 bridgehead atoms. The lowest BCUT2D eigenvalue weighted by atomic mass is 9.72. The molecule has 2 atom stereocenters. The van der Waals surface area contributed by atoms with Gasteiger partial charge in [0.15, 0.2) is 17.3 Å². The summed E-state index contributed by atoms with van der Waals surface area (Å²) >= 11 is 1.67. The van der Waals surface area contributed by atoms with E-state index in [0.29, 0.717) is 42.0 Å². The van der Waals surface area contributed by atoms with Crippen LogP contribution in [0.5, 0.6) is 11.5 Å². The van der Waals surface area contributed by atoms with Gasteiger partial charge in [-0.3, -0.25) is 4.79 Å². The predicted molar refractivity (Wildman–Crippen MR) is 135 cm³/mol. The number of Topliss-reactive ketones (excluding diaryl/α,β-unsaturated/α-hetero) is 1. The molecule has 1 fully saturated rings. The molecular formula is C28H31NO5S. The number of ketones is 1. The van der Waals surface area contributed by atoms with Gasteiger partial charge in [0.25, 0.3) is 0 Å². The Morgan fingerprint density at radius 1 is 1.20 bits per heavy atom. The van der Waals surface area contributed by atoms with Crippen LogP contribution in [0.2, 0.25) is 0 Å². The Labute approximate surface area is 209 Å². The van der Waals surface area contributed by atoms with Crippen molar-refractivity contribution >= 4 is 23.1 Å². The van der Waals surface area contributed by atoms with Crippen LogP contribution < -0.4 is 10.1 Å².